The summed E-state index contributed by atoms with van der Waals surface area (Å²) in [5, 5.41) is 0. The lowest BCUT2D eigenvalue weighted by molar-refractivity contribution is -0.131. The first-order valence-electron chi connectivity index (χ1n) is 8.67. The molecule has 0 fully saturated rings. The molecule has 6 nitrogen and oxygen atoms in total. The number of hydrogen-bond acceptors (Lipinski definition) is 5. The van der Waals surface area contributed by atoms with Gasteiger partial charge in [-0.2, -0.15) is 4.98 Å². The number of Topliss-reactive ketones (excluding diaryl/α,β-unsaturated/α-hetero) is 1. The second-order valence-electron chi connectivity index (χ2n) is 6.83. The van der Waals surface area contributed by atoms with Gasteiger partial charge in [0.1, 0.15) is 5.69 Å². The number of fused-ring (bicyclic) bond motifs is 6. The zero-order valence-corrected chi connectivity index (χ0v) is 14.1. The normalized spacial score (nSPS) is 23.5. The second kappa shape index (κ2) is 4.94. The minimum atomic E-state index is -1.25. The topological polar surface area (TPSA) is 89.4 Å². The van der Waals surface area contributed by atoms with E-state index in [4.69, 9.17) is 10.2 Å². The van der Waals surface area contributed by atoms with Crippen molar-refractivity contribution >= 4 is 17.7 Å². The molecule has 1 amide bonds. The standard InChI is InChI=1S/C20H17N3O3/c1-2-10-23-13-8-5-9-14(24)15(13)20(18(23)25)12-7-4-3-6-11(12)16-17(20)22-19(21)26-16/h2-4,6-7H,1,5,8-10H2,(H2,21,22)/t20-/m0/s1. The molecule has 3 aliphatic rings. The zero-order valence-electron chi connectivity index (χ0n) is 14.1. The summed E-state index contributed by atoms with van der Waals surface area (Å²) in [5.41, 5.74) is 7.86. The maximum Gasteiger partial charge on any atom is 0.292 e. The number of benzene rings is 1. The number of carbonyl (C=O) groups is 2. The molecule has 130 valence electrons. The molecule has 0 saturated heterocycles. The third kappa shape index (κ3) is 1.55. The fraction of sp³-hybridized carbons (Fsp3) is 0.250. The molecule has 1 spiro atoms. The first kappa shape index (κ1) is 15.1. The lowest BCUT2D eigenvalue weighted by atomic mass is 9.71. The highest BCUT2D eigenvalue weighted by atomic mass is 16.4. The van der Waals surface area contributed by atoms with E-state index >= 15 is 0 Å². The van der Waals surface area contributed by atoms with Gasteiger partial charge in [-0.3, -0.25) is 9.59 Å². The van der Waals surface area contributed by atoms with Gasteiger partial charge < -0.3 is 15.1 Å². The van der Waals surface area contributed by atoms with E-state index in [1.807, 2.05) is 24.3 Å². The molecule has 0 bridgehead atoms. The van der Waals surface area contributed by atoms with E-state index < -0.39 is 5.41 Å². The summed E-state index contributed by atoms with van der Waals surface area (Å²) < 4.78 is 5.64. The van der Waals surface area contributed by atoms with Crippen molar-refractivity contribution in [2.45, 2.75) is 24.7 Å². The minimum Gasteiger partial charge on any atom is -0.423 e. The van der Waals surface area contributed by atoms with Gasteiger partial charge in [0.05, 0.1) is 0 Å². The molecular formula is C20H17N3O3. The van der Waals surface area contributed by atoms with Crippen LogP contribution >= 0.6 is 0 Å². The number of amides is 1. The van der Waals surface area contributed by atoms with Crippen molar-refractivity contribution in [1.82, 2.24) is 9.88 Å². The molecule has 1 atom stereocenters. The average Bonchev–Trinajstić information content (AvgIpc) is 3.22. The number of nitrogens with zero attached hydrogens (tertiary/aromatic N) is 2. The average molecular weight is 347 g/mol. The maximum absolute atomic E-state index is 13.7. The maximum atomic E-state index is 13.7. The Balaban J connectivity index is 1.90. The summed E-state index contributed by atoms with van der Waals surface area (Å²) in [7, 11) is 0. The highest BCUT2D eigenvalue weighted by Gasteiger charge is 2.63. The molecule has 6 heteroatoms. The van der Waals surface area contributed by atoms with Gasteiger partial charge >= 0.3 is 0 Å². The van der Waals surface area contributed by atoms with Crippen molar-refractivity contribution in [2.75, 3.05) is 12.3 Å². The van der Waals surface area contributed by atoms with Crippen LogP contribution in [-0.2, 0) is 15.0 Å². The molecule has 26 heavy (non-hydrogen) atoms. The summed E-state index contributed by atoms with van der Waals surface area (Å²) >= 11 is 0. The number of ketones is 1. The summed E-state index contributed by atoms with van der Waals surface area (Å²) in [6, 6.07) is 7.51. The van der Waals surface area contributed by atoms with E-state index in [2.05, 4.69) is 11.6 Å². The lowest BCUT2D eigenvalue weighted by Gasteiger charge is -2.26. The quantitative estimate of drug-likeness (QED) is 0.843. The van der Waals surface area contributed by atoms with Crippen LogP contribution in [0.25, 0.3) is 11.3 Å². The Labute approximate surface area is 150 Å². The SMILES string of the molecule is C=CCN1C(=O)[C@]2(C3=C1CCCC3=O)c1ccccc1-c1oc(N)nc12. The zero-order chi connectivity index (χ0) is 18.1. The summed E-state index contributed by atoms with van der Waals surface area (Å²) in [5.74, 6) is 0.310. The molecule has 5 rings (SSSR count). The summed E-state index contributed by atoms with van der Waals surface area (Å²) in [4.78, 5) is 32.8. The van der Waals surface area contributed by atoms with Crippen molar-refractivity contribution in [3.05, 3.63) is 59.4 Å². The van der Waals surface area contributed by atoms with E-state index in [-0.39, 0.29) is 17.7 Å². The van der Waals surface area contributed by atoms with Crippen molar-refractivity contribution in [3.63, 3.8) is 0 Å². The Hall–Kier alpha value is -3.15. The Morgan fingerprint density at radius 1 is 1.31 bits per heavy atom. The number of allylic oxidation sites excluding steroid dienone is 1. The predicted octanol–water partition coefficient (Wildman–Crippen LogP) is 2.56. The second-order valence-corrected chi connectivity index (χ2v) is 6.83. The summed E-state index contributed by atoms with van der Waals surface area (Å²) in [6.45, 7) is 4.13. The van der Waals surface area contributed by atoms with Crippen LogP contribution in [0.4, 0.5) is 6.01 Å². The monoisotopic (exact) mass is 347 g/mol. The van der Waals surface area contributed by atoms with Gasteiger partial charge in [0.25, 0.3) is 6.01 Å². The molecule has 1 aromatic heterocycles. The van der Waals surface area contributed by atoms with Crippen LogP contribution in [0.1, 0.15) is 30.5 Å². The highest BCUT2D eigenvalue weighted by molar-refractivity contribution is 6.16. The van der Waals surface area contributed by atoms with Crippen LogP contribution in [0.2, 0.25) is 0 Å². The molecule has 0 saturated carbocycles. The first-order chi connectivity index (χ1) is 12.6. The van der Waals surface area contributed by atoms with Gasteiger partial charge in [0.2, 0.25) is 5.91 Å². The van der Waals surface area contributed by atoms with Crippen molar-refractivity contribution < 1.29 is 14.0 Å². The van der Waals surface area contributed by atoms with Gasteiger partial charge in [-0.1, -0.05) is 30.3 Å². The Morgan fingerprint density at radius 3 is 2.92 bits per heavy atom. The first-order valence-corrected chi connectivity index (χ1v) is 8.67. The third-order valence-electron chi connectivity index (χ3n) is 5.54. The number of aromatic nitrogens is 1. The number of carbonyl (C=O) groups excluding carboxylic acids is 2. The third-order valence-corrected chi connectivity index (χ3v) is 5.54. The van der Waals surface area contributed by atoms with Crippen LogP contribution in [0.15, 0.2) is 52.6 Å². The predicted molar refractivity (Wildman–Crippen MR) is 94.9 cm³/mol. The smallest absolute Gasteiger partial charge is 0.292 e. The van der Waals surface area contributed by atoms with Gasteiger partial charge in [0, 0.05) is 29.8 Å². The van der Waals surface area contributed by atoms with Gasteiger partial charge in [-0.05, 0) is 18.4 Å². The number of nitrogens with two attached hydrogens (primary N) is 1. The lowest BCUT2D eigenvalue weighted by Crippen LogP contribution is -2.42. The number of hydrogen-bond donors (Lipinski definition) is 1. The Bertz CT molecular complexity index is 1030. The number of rotatable bonds is 2. The van der Waals surface area contributed by atoms with Gasteiger partial charge in [-0.25, -0.2) is 0 Å². The van der Waals surface area contributed by atoms with Gasteiger partial charge in [0.15, 0.2) is 17.0 Å². The van der Waals surface area contributed by atoms with E-state index in [0.717, 1.165) is 23.2 Å². The highest BCUT2D eigenvalue weighted by Crippen LogP contribution is 2.59. The van der Waals surface area contributed by atoms with E-state index in [0.29, 0.717) is 36.4 Å². The fourth-order valence-electron chi connectivity index (χ4n) is 4.66. The van der Waals surface area contributed by atoms with Crippen LogP contribution in [0, 0.1) is 0 Å². The largest absolute Gasteiger partial charge is 0.423 e. The van der Waals surface area contributed by atoms with Crippen LogP contribution in [0.5, 0.6) is 0 Å². The molecule has 2 aliphatic carbocycles. The van der Waals surface area contributed by atoms with Crippen molar-refractivity contribution in [1.29, 1.82) is 0 Å². The minimum absolute atomic E-state index is 0.00394. The van der Waals surface area contributed by atoms with Crippen LogP contribution in [-0.4, -0.2) is 28.1 Å². The molecular weight excluding hydrogens is 330 g/mol. The van der Waals surface area contributed by atoms with E-state index in [9.17, 15) is 9.59 Å². The number of anilines is 1. The molecule has 2 heterocycles. The van der Waals surface area contributed by atoms with Gasteiger partial charge in [-0.15, -0.1) is 6.58 Å². The van der Waals surface area contributed by atoms with Crippen LogP contribution < -0.4 is 5.73 Å². The number of nitrogen functional groups attached to an aromatic ring is 1. The molecule has 0 radical (unpaired) electrons. The molecule has 0 unspecified atom stereocenters. The number of oxazole rings is 1. The fourth-order valence-corrected chi connectivity index (χ4v) is 4.66. The Kier molecular flexibility index (Phi) is 2.88. The van der Waals surface area contributed by atoms with Crippen LogP contribution in [0.3, 0.4) is 0 Å². The van der Waals surface area contributed by atoms with Crippen molar-refractivity contribution in [2.24, 2.45) is 0 Å². The molecule has 2 aromatic rings. The molecule has 2 N–H and O–H groups in total. The Morgan fingerprint density at radius 2 is 2.12 bits per heavy atom. The molecule has 1 aromatic carbocycles. The summed E-state index contributed by atoms with van der Waals surface area (Å²) in [6.07, 6.45) is 3.54. The van der Waals surface area contributed by atoms with E-state index in [1.165, 1.54) is 0 Å². The molecule has 1 aliphatic heterocycles. The van der Waals surface area contributed by atoms with E-state index in [1.54, 1.807) is 11.0 Å². The van der Waals surface area contributed by atoms with Crippen molar-refractivity contribution in [3.8, 4) is 11.3 Å².